The van der Waals surface area contributed by atoms with Crippen LogP contribution in [0.3, 0.4) is 0 Å². The molecule has 1 heterocycles. The monoisotopic (exact) mass is 536 g/mol. The van der Waals surface area contributed by atoms with Crippen LogP contribution in [0.4, 0.5) is 0 Å². The summed E-state index contributed by atoms with van der Waals surface area (Å²) in [6.45, 7) is 2.12. The Morgan fingerprint density at radius 2 is 1.48 bits per heavy atom. The summed E-state index contributed by atoms with van der Waals surface area (Å²) in [6.07, 6.45) is 0. The fourth-order valence-corrected chi connectivity index (χ4v) is 6.02. The maximum atomic E-state index is 13.9. The van der Waals surface area contributed by atoms with Gasteiger partial charge in [0.1, 0.15) is 11.5 Å². The molecular weight excluding hydrogens is 508 g/mol. The fourth-order valence-electron chi connectivity index (χ4n) is 6.02. The molecule has 7 heteroatoms. The van der Waals surface area contributed by atoms with E-state index in [1.807, 2.05) is 79.7 Å². The minimum Gasteiger partial charge on any atom is -0.496 e. The van der Waals surface area contributed by atoms with Crippen molar-refractivity contribution in [3.8, 4) is 34.1 Å². The highest BCUT2D eigenvalue weighted by Gasteiger charge is 2.60. The predicted molar refractivity (Wildman–Crippen MR) is 148 cm³/mol. The molecule has 1 aliphatic heterocycles. The largest absolute Gasteiger partial charge is 0.496 e. The first-order valence-electron chi connectivity index (χ1n) is 13.1. The molecule has 1 aliphatic carbocycles. The summed E-state index contributed by atoms with van der Waals surface area (Å²) in [5.74, 6) is -1.90. The predicted octanol–water partition coefficient (Wildman–Crippen LogP) is 6.20. The Labute approximate surface area is 231 Å². The zero-order valence-electron chi connectivity index (χ0n) is 22.1. The number of carboxylic acids is 1. The van der Waals surface area contributed by atoms with Gasteiger partial charge in [0.05, 0.1) is 18.9 Å². The smallest absolute Gasteiger partial charge is 0.315 e. The molecule has 0 spiro atoms. The van der Waals surface area contributed by atoms with Gasteiger partial charge in [0.25, 0.3) is 0 Å². The van der Waals surface area contributed by atoms with Crippen molar-refractivity contribution in [3.63, 3.8) is 0 Å². The van der Waals surface area contributed by atoms with Gasteiger partial charge < -0.3 is 24.1 Å². The van der Waals surface area contributed by atoms with Crippen LogP contribution in [0.1, 0.15) is 28.5 Å². The molecule has 0 saturated heterocycles. The van der Waals surface area contributed by atoms with Gasteiger partial charge in [-0.25, -0.2) is 0 Å². The molecule has 6 rings (SSSR count). The van der Waals surface area contributed by atoms with Gasteiger partial charge in [-0.2, -0.15) is 0 Å². The van der Waals surface area contributed by atoms with E-state index in [0.29, 0.717) is 28.6 Å². The van der Waals surface area contributed by atoms with E-state index in [-0.39, 0.29) is 6.79 Å². The van der Waals surface area contributed by atoms with E-state index >= 15 is 0 Å². The first-order valence-corrected chi connectivity index (χ1v) is 13.1. The van der Waals surface area contributed by atoms with Gasteiger partial charge >= 0.3 is 11.9 Å². The van der Waals surface area contributed by atoms with E-state index in [1.165, 1.54) is 0 Å². The van der Waals surface area contributed by atoms with E-state index in [1.54, 1.807) is 25.3 Å². The third kappa shape index (κ3) is 4.43. The minimum absolute atomic E-state index is 0.185. The highest BCUT2D eigenvalue weighted by Crippen LogP contribution is 2.60. The number of methoxy groups -OCH3 is 1. The third-order valence-corrected chi connectivity index (χ3v) is 7.91. The van der Waals surface area contributed by atoms with Crippen LogP contribution >= 0.6 is 0 Å². The van der Waals surface area contributed by atoms with Crippen molar-refractivity contribution in [2.45, 2.75) is 18.8 Å². The molecule has 4 aromatic rings. The molecule has 4 aromatic carbocycles. The van der Waals surface area contributed by atoms with Gasteiger partial charge in [-0.1, -0.05) is 60.7 Å². The van der Waals surface area contributed by atoms with Crippen LogP contribution in [-0.2, 0) is 9.59 Å². The molecule has 0 radical (unpaired) electrons. The number of carboxylic acid groups (broad SMARTS) is 1. The van der Waals surface area contributed by atoms with Crippen LogP contribution in [0.5, 0.6) is 23.0 Å². The Kier molecular flexibility index (Phi) is 6.64. The van der Waals surface area contributed by atoms with Crippen LogP contribution in [-0.4, -0.2) is 30.9 Å². The molecule has 1 saturated carbocycles. The number of ether oxygens (including phenoxy) is 4. The van der Waals surface area contributed by atoms with Crippen LogP contribution in [0, 0.1) is 18.8 Å². The first-order chi connectivity index (χ1) is 19.5. The molecule has 202 valence electrons. The number of carbonyl (C=O) groups excluding carboxylic acids is 1. The molecule has 0 aromatic heterocycles. The number of esters is 1. The van der Waals surface area contributed by atoms with Crippen LogP contribution in [0.25, 0.3) is 11.1 Å². The van der Waals surface area contributed by atoms with Gasteiger partial charge in [0.2, 0.25) is 6.79 Å². The third-order valence-electron chi connectivity index (χ3n) is 7.91. The second-order valence-electron chi connectivity index (χ2n) is 10.1. The van der Waals surface area contributed by atoms with E-state index in [0.717, 1.165) is 22.3 Å². The normalized spacial score (nSPS) is 20.9. The Bertz CT molecular complexity index is 1590. The lowest BCUT2D eigenvalue weighted by Gasteiger charge is -2.49. The quantitative estimate of drug-likeness (QED) is 0.222. The maximum Gasteiger partial charge on any atom is 0.315 e. The highest BCUT2D eigenvalue weighted by molar-refractivity contribution is 5.86. The summed E-state index contributed by atoms with van der Waals surface area (Å²) < 4.78 is 22.5. The Hall–Kier alpha value is -4.78. The molecule has 0 amide bonds. The summed E-state index contributed by atoms with van der Waals surface area (Å²) in [7, 11) is 1.54. The van der Waals surface area contributed by atoms with E-state index in [9.17, 15) is 14.7 Å². The number of rotatable bonds is 7. The summed E-state index contributed by atoms with van der Waals surface area (Å²) >= 11 is 0. The Morgan fingerprint density at radius 3 is 2.25 bits per heavy atom. The first kappa shape index (κ1) is 25.5. The molecule has 7 nitrogen and oxygen atoms in total. The van der Waals surface area contributed by atoms with Gasteiger partial charge in [-0.15, -0.1) is 0 Å². The van der Waals surface area contributed by atoms with Gasteiger partial charge in [-0.05, 0) is 65.1 Å². The van der Waals surface area contributed by atoms with Gasteiger partial charge in [0.15, 0.2) is 11.5 Å². The molecule has 1 fully saturated rings. The lowest BCUT2D eigenvalue weighted by Crippen LogP contribution is -2.52. The highest BCUT2D eigenvalue weighted by atomic mass is 16.7. The number of hydrogen-bond donors (Lipinski definition) is 1. The number of carbonyl (C=O) groups is 2. The zero-order valence-corrected chi connectivity index (χ0v) is 22.1. The van der Waals surface area contributed by atoms with Crippen molar-refractivity contribution >= 4 is 11.9 Å². The second-order valence-corrected chi connectivity index (χ2v) is 10.1. The van der Waals surface area contributed by atoms with Crippen molar-refractivity contribution in [2.24, 2.45) is 11.8 Å². The average molecular weight is 537 g/mol. The SMILES string of the molecule is COc1ccccc1[C@@H]1[C@H](C(=O)Oc2cccc(-c3ccc4c(c3)OCO4)c2)[C@@H](c2ccccc2C)[C@@H]1C(=O)O. The van der Waals surface area contributed by atoms with E-state index < -0.39 is 35.6 Å². The summed E-state index contributed by atoms with van der Waals surface area (Å²) in [5.41, 5.74) is 4.18. The lowest BCUT2D eigenvalue weighted by atomic mass is 9.52. The number of benzene rings is 4. The fraction of sp³-hybridized carbons (Fsp3) is 0.212. The number of para-hydroxylation sites is 1. The number of aryl methyl sites for hydroxylation is 1. The Morgan fingerprint density at radius 1 is 0.775 bits per heavy atom. The minimum atomic E-state index is -0.960. The molecular formula is C33H28O7. The molecule has 2 aliphatic rings. The van der Waals surface area contributed by atoms with Gasteiger partial charge in [-0.3, -0.25) is 9.59 Å². The molecule has 1 N–H and O–H groups in total. The van der Waals surface area contributed by atoms with E-state index in [2.05, 4.69) is 0 Å². The summed E-state index contributed by atoms with van der Waals surface area (Å²) in [6, 6.07) is 27.8. The lowest BCUT2D eigenvalue weighted by molar-refractivity contribution is -0.158. The van der Waals surface area contributed by atoms with Crippen molar-refractivity contribution in [1.82, 2.24) is 0 Å². The van der Waals surface area contributed by atoms with E-state index in [4.69, 9.17) is 18.9 Å². The molecule has 4 atom stereocenters. The topological polar surface area (TPSA) is 91.3 Å². The summed E-state index contributed by atoms with van der Waals surface area (Å²) in [4.78, 5) is 26.6. The maximum absolute atomic E-state index is 13.9. The number of hydrogen-bond acceptors (Lipinski definition) is 6. The van der Waals surface area contributed by atoms with Gasteiger partial charge in [0, 0.05) is 11.8 Å². The molecule has 0 bridgehead atoms. The van der Waals surface area contributed by atoms with Crippen LogP contribution in [0.15, 0.2) is 91.0 Å². The average Bonchev–Trinajstić information content (AvgIpc) is 3.42. The molecule has 40 heavy (non-hydrogen) atoms. The van der Waals surface area contributed by atoms with Crippen LogP contribution in [0.2, 0.25) is 0 Å². The van der Waals surface area contributed by atoms with Crippen molar-refractivity contribution in [2.75, 3.05) is 13.9 Å². The number of fused-ring (bicyclic) bond motifs is 1. The van der Waals surface area contributed by atoms with Crippen molar-refractivity contribution < 1.29 is 33.6 Å². The molecule has 0 unspecified atom stereocenters. The zero-order chi connectivity index (χ0) is 27.8. The second kappa shape index (κ2) is 10.4. The van der Waals surface area contributed by atoms with Crippen LogP contribution < -0.4 is 18.9 Å². The Balaban J connectivity index is 1.36. The number of aliphatic carboxylic acids is 1. The van der Waals surface area contributed by atoms with Crippen molar-refractivity contribution in [1.29, 1.82) is 0 Å². The van der Waals surface area contributed by atoms with Crippen molar-refractivity contribution in [3.05, 3.63) is 108 Å². The summed E-state index contributed by atoms with van der Waals surface area (Å²) in [5, 5.41) is 10.4. The standard InChI is InChI=1S/C33H28O7/c1-19-8-3-4-11-23(19)28-30(32(34)35)29(24-12-5-6-13-25(24)37-2)31(28)33(36)40-22-10-7-9-20(16-22)21-14-15-26-27(17-21)39-18-38-26/h3-17,28-31H,18H2,1-2H3,(H,34,35)/t28-,29-,30-,31+/m0/s1.